The summed E-state index contributed by atoms with van der Waals surface area (Å²) in [5, 5.41) is 2.70. The van der Waals surface area contributed by atoms with Crippen molar-refractivity contribution in [1.29, 1.82) is 0 Å². The summed E-state index contributed by atoms with van der Waals surface area (Å²) in [4.78, 5) is 10.8. The van der Waals surface area contributed by atoms with Crippen LogP contribution in [-0.4, -0.2) is 5.91 Å². The quantitative estimate of drug-likeness (QED) is 0.785. The summed E-state index contributed by atoms with van der Waals surface area (Å²) in [6, 6.07) is 5.97. The summed E-state index contributed by atoms with van der Waals surface area (Å²) in [6.45, 7) is 5.14. The maximum atomic E-state index is 12.9. The van der Waals surface area contributed by atoms with Crippen LogP contribution in [0.2, 0.25) is 0 Å². The fraction of sp³-hybridized carbons (Fsp3) is 0.273. The number of nitrogens with one attached hydrogen (secondary N) is 1. The molecule has 1 aromatic rings. The van der Waals surface area contributed by atoms with E-state index >= 15 is 0 Å². The highest BCUT2D eigenvalue weighted by molar-refractivity contribution is 5.73. The molecule has 0 aliphatic rings. The minimum Gasteiger partial charge on any atom is -0.350 e. The minimum absolute atomic E-state index is 0.136. The van der Waals surface area contributed by atoms with Crippen LogP contribution in [-0.2, 0) is 4.79 Å². The predicted molar refractivity (Wildman–Crippen MR) is 52.9 cm³/mol. The lowest BCUT2D eigenvalue weighted by molar-refractivity contribution is -0.119. The van der Waals surface area contributed by atoms with Gasteiger partial charge in [0, 0.05) is 6.92 Å². The second-order valence-electron chi connectivity index (χ2n) is 3.10. The number of hydrogen-bond acceptors (Lipinski definition) is 1. The predicted octanol–water partition coefficient (Wildman–Crippen LogP) is 2.23. The number of benzene rings is 1. The summed E-state index contributed by atoms with van der Waals surface area (Å²) in [6.07, 6.45) is 0.503. The van der Waals surface area contributed by atoms with Crippen LogP contribution in [0.15, 0.2) is 24.3 Å². The van der Waals surface area contributed by atoms with E-state index in [0.717, 1.165) is 5.56 Å². The molecule has 0 spiro atoms. The van der Waals surface area contributed by atoms with Gasteiger partial charge in [0.15, 0.2) is 0 Å². The van der Waals surface area contributed by atoms with Gasteiger partial charge in [-0.2, -0.15) is 0 Å². The molecule has 1 atom stereocenters. The lowest BCUT2D eigenvalue weighted by Crippen LogP contribution is -2.25. The SMILES string of the molecule is [CH2]C[C@H](NC(C)=O)c1cccc(F)c1. The van der Waals surface area contributed by atoms with Crippen molar-refractivity contribution in [2.45, 2.75) is 19.4 Å². The van der Waals surface area contributed by atoms with Gasteiger partial charge in [0.05, 0.1) is 6.04 Å². The molecule has 0 unspecified atom stereocenters. The third kappa shape index (κ3) is 2.83. The lowest BCUT2D eigenvalue weighted by atomic mass is 10.0. The molecule has 1 aromatic carbocycles. The molecule has 3 heteroatoms. The first-order valence-electron chi connectivity index (χ1n) is 4.45. The van der Waals surface area contributed by atoms with E-state index in [0.29, 0.717) is 6.42 Å². The van der Waals surface area contributed by atoms with Crippen molar-refractivity contribution in [3.8, 4) is 0 Å². The zero-order valence-electron chi connectivity index (χ0n) is 8.09. The molecule has 1 amide bonds. The Kier molecular flexibility index (Phi) is 3.63. The van der Waals surface area contributed by atoms with Crippen LogP contribution in [0.25, 0.3) is 0 Å². The van der Waals surface area contributed by atoms with E-state index in [9.17, 15) is 9.18 Å². The van der Waals surface area contributed by atoms with Gasteiger partial charge in [-0.05, 0) is 24.1 Å². The van der Waals surface area contributed by atoms with Gasteiger partial charge in [-0.25, -0.2) is 4.39 Å². The summed E-state index contributed by atoms with van der Waals surface area (Å²) >= 11 is 0. The standard InChI is InChI=1S/C11H13FNO/c1-3-11(13-8(2)14)9-5-4-6-10(12)7-9/h4-7,11H,1,3H2,2H3,(H,13,14)/t11-/m0/s1. The normalized spacial score (nSPS) is 12.2. The first-order valence-corrected chi connectivity index (χ1v) is 4.45. The summed E-state index contributed by atoms with van der Waals surface area (Å²) in [5.74, 6) is -0.436. The van der Waals surface area contributed by atoms with E-state index < -0.39 is 0 Å². The van der Waals surface area contributed by atoms with E-state index in [-0.39, 0.29) is 17.8 Å². The highest BCUT2D eigenvalue weighted by Crippen LogP contribution is 2.16. The van der Waals surface area contributed by atoms with E-state index in [1.54, 1.807) is 12.1 Å². The minimum atomic E-state index is -0.300. The van der Waals surface area contributed by atoms with Gasteiger partial charge in [0.2, 0.25) is 5.91 Å². The smallest absolute Gasteiger partial charge is 0.217 e. The molecule has 0 bridgehead atoms. The third-order valence-corrected chi connectivity index (χ3v) is 1.92. The molecule has 2 nitrogen and oxygen atoms in total. The van der Waals surface area contributed by atoms with Crippen molar-refractivity contribution in [2.75, 3.05) is 0 Å². The monoisotopic (exact) mass is 194 g/mol. The van der Waals surface area contributed by atoms with Crippen molar-refractivity contribution in [3.05, 3.63) is 42.6 Å². The van der Waals surface area contributed by atoms with E-state index in [1.165, 1.54) is 19.1 Å². The molecule has 0 fully saturated rings. The van der Waals surface area contributed by atoms with Crippen LogP contribution < -0.4 is 5.32 Å². The Morgan fingerprint density at radius 2 is 2.36 bits per heavy atom. The van der Waals surface area contributed by atoms with E-state index in [1.807, 2.05) is 0 Å². The first kappa shape index (κ1) is 10.7. The number of carbonyl (C=O) groups is 1. The molecule has 1 N–H and O–H groups in total. The Labute approximate surface area is 83.1 Å². The second kappa shape index (κ2) is 4.74. The molecule has 75 valence electrons. The average Bonchev–Trinajstić information content (AvgIpc) is 2.14. The Morgan fingerprint density at radius 3 is 2.86 bits per heavy atom. The van der Waals surface area contributed by atoms with E-state index in [4.69, 9.17) is 0 Å². The number of halogens is 1. The van der Waals surface area contributed by atoms with Crippen molar-refractivity contribution in [1.82, 2.24) is 5.32 Å². The van der Waals surface area contributed by atoms with Crippen LogP contribution in [0.3, 0.4) is 0 Å². The van der Waals surface area contributed by atoms with Crippen LogP contribution in [0.1, 0.15) is 24.9 Å². The molecular formula is C11H13FNO. The number of carbonyl (C=O) groups excluding carboxylic acids is 1. The third-order valence-electron chi connectivity index (χ3n) is 1.92. The topological polar surface area (TPSA) is 29.1 Å². The Bertz CT molecular complexity index is 325. The second-order valence-corrected chi connectivity index (χ2v) is 3.10. The van der Waals surface area contributed by atoms with Gasteiger partial charge in [-0.3, -0.25) is 4.79 Å². The molecule has 1 radical (unpaired) electrons. The Hall–Kier alpha value is -1.38. The molecule has 0 aromatic heterocycles. The molecule has 0 heterocycles. The highest BCUT2D eigenvalue weighted by Gasteiger charge is 2.10. The maximum absolute atomic E-state index is 12.9. The average molecular weight is 194 g/mol. The van der Waals surface area contributed by atoms with Crippen molar-refractivity contribution >= 4 is 5.91 Å². The number of rotatable bonds is 3. The zero-order chi connectivity index (χ0) is 10.6. The molecule has 1 rings (SSSR count). The van der Waals surface area contributed by atoms with E-state index in [2.05, 4.69) is 12.2 Å². The van der Waals surface area contributed by atoms with Gasteiger partial charge in [0.25, 0.3) is 0 Å². The maximum Gasteiger partial charge on any atom is 0.217 e. The molecule has 0 saturated carbocycles. The zero-order valence-corrected chi connectivity index (χ0v) is 8.09. The van der Waals surface area contributed by atoms with Crippen molar-refractivity contribution in [2.24, 2.45) is 0 Å². The van der Waals surface area contributed by atoms with Crippen LogP contribution in [0.4, 0.5) is 4.39 Å². The highest BCUT2D eigenvalue weighted by atomic mass is 19.1. The Balaban J connectivity index is 2.83. The number of amides is 1. The molecular weight excluding hydrogens is 181 g/mol. The molecule has 14 heavy (non-hydrogen) atoms. The summed E-state index contributed by atoms with van der Waals surface area (Å²) in [7, 11) is 0. The van der Waals surface area contributed by atoms with Crippen molar-refractivity contribution < 1.29 is 9.18 Å². The molecule has 0 saturated heterocycles. The largest absolute Gasteiger partial charge is 0.350 e. The van der Waals surface area contributed by atoms with Gasteiger partial charge in [-0.15, -0.1) is 0 Å². The van der Waals surface area contributed by atoms with Gasteiger partial charge in [0.1, 0.15) is 5.82 Å². The van der Waals surface area contributed by atoms with Crippen molar-refractivity contribution in [3.63, 3.8) is 0 Å². The van der Waals surface area contributed by atoms with Crippen LogP contribution in [0, 0.1) is 12.7 Å². The van der Waals surface area contributed by atoms with Crippen LogP contribution >= 0.6 is 0 Å². The summed E-state index contributed by atoms with van der Waals surface area (Å²) in [5.41, 5.74) is 0.746. The molecule has 0 aliphatic carbocycles. The fourth-order valence-electron chi connectivity index (χ4n) is 1.29. The van der Waals surface area contributed by atoms with Gasteiger partial charge in [-0.1, -0.05) is 19.1 Å². The summed E-state index contributed by atoms with van der Waals surface area (Å²) < 4.78 is 12.9. The molecule has 0 aliphatic heterocycles. The van der Waals surface area contributed by atoms with Crippen LogP contribution in [0.5, 0.6) is 0 Å². The van der Waals surface area contributed by atoms with Gasteiger partial charge < -0.3 is 5.32 Å². The number of hydrogen-bond donors (Lipinski definition) is 1. The Morgan fingerprint density at radius 1 is 1.64 bits per heavy atom. The fourth-order valence-corrected chi connectivity index (χ4v) is 1.29. The first-order chi connectivity index (χ1) is 6.63. The van der Waals surface area contributed by atoms with Gasteiger partial charge >= 0.3 is 0 Å². The lowest BCUT2D eigenvalue weighted by Gasteiger charge is -2.15.